The molecule has 2 heterocycles. The van der Waals surface area contributed by atoms with Gasteiger partial charge in [0.15, 0.2) is 0 Å². The fraction of sp³-hybridized carbons (Fsp3) is 0.222. The number of aliphatic hydroxyl groups excluding tert-OH is 1. The second kappa shape index (κ2) is 6.54. The molecule has 0 amide bonds. The predicted molar refractivity (Wildman–Crippen MR) is 87.3 cm³/mol. The second-order valence-electron chi connectivity index (χ2n) is 5.34. The summed E-state index contributed by atoms with van der Waals surface area (Å²) in [7, 11) is 0. The standard InChI is InChI=1S/C18H19N3O/c1-14-6-7-17(19-13-14)15-4-2-5-16(12-15)18-8-10-21(20-18)9-3-11-22/h2,4-8,10,12-13,22H,3,9,11H2,1H3. The van der Waals surface area contributed by atoms with E-state index in [4.69, 9.17) is 5.11 Å². The highest BCUT2D eigenvalue weighted by Gasteiger charge is 2.05. The molecular formula is C18H19N3O. The lowest BCUT2D eigenvalue weighted by molar-refractivity contribution is 0.277. The first kappa shape index (κ1) is 14.5. The van der Waals surface area contributed by atoms with Gasteiger partial charge in [-0.15, -0.1) is 0 Å². The molecule has 0 spiro atoms. The summed E-state index contributed by atoms with van der Waals surface area (Å²) in [6.07, 6.45) is 4.54. The smallest absolute Gasteiger partial charge is 0.0923 e. The molecule has 1 aromatic carbocycles. The van der Waals surface area contributed by atoms with Crippen molar-refractivity contribution in [3.05, 3.63) is 60.4 Å². The summed E-state index contributed by atoms with van der Waals surface area (Å²) in [5.74, 6) is 0. The second-order valence-corrected chi connectivity index (χ2v) is 5.34. The Labute approximate surface area is 130 Å². The molecule has 0 aliphatic carbocycles. The molecule has 4 nitrogen and oxygen atoms in total. The number of benzene rings is 1. The molecule has 22 heavy (non-hydrogen) atoms. The van der Waals surface area contributed by atoms with Crippen molar-refractivity contribution in [1.82, 2.24) is 14.8 Å². The minimum absolute atomic E-state index is 0.184. The van der Waals surface area contributed by atoms with Gasteiger partial charge in [0.2, 0.25) is 0 Å². The SMILES string of the molecule is Cc1ccc(-c2cccc(-c3ccn(CCCO)n3)c2)nc1. The van der Waals surface area contributed by atoms with Gasteiger partial charge in [0.25, 0.3) is 0 Å². The lowest BCUT2D eigenvalue weighted by Gasteiger charge is -2.04. The molecule has 0 fully saturated rings. The summed E-state index contributed by atoms with van der Waals surface area (Å²) < 4.78 is 1.86. The largest absolute Gasteiger partial charge is 0.396 e. The predicted octanol–water partition coefficient (Wildman–Crippen LogP) is 3.30. The maximum atomic E-state index is 8.89. The Morgan fingerprint density at radius 1 is 1.05 bits per heavy atom. The van der Waals surface area contributed by atoms with E-state index in [2.05, 4.69) is 34.3 Å². The maximum absolute atomic E-state index is 8.89. The molecule has 0 aliphatic rings. The molecule has 0 atom stereocenters. The normalized spacial score (nSPS) is 10.8. The Bertz CT molecular complexity index is 747. The van der Waals surface area contributed by atoms with E-state index in [-0.39, 0.29) is 6.61 Å². The molecule has 3 rings (SSSR count). The minimum atomic E-state index is 0.184. The first-order valence-electron chi connectivity index (χ1n) is 7.44. The van der Waals surface area contributed by atoms with Gasteiger partial charge in [0.1, 0.15) is 0 Å². The van der Waals surface area contributed by atoms with Crippen molar-refractivity contribution in [3.63, 3.8) is 0 Å². The number of hydrogen-bond donors (Lipinski definition) is 1. The van der Waals surface area contributed by atoms with Gasteiger partial charge in [-0.05, 0) is 37.1 Å². The summed E-state index contributed by atoms with van der Waals surface area (Å²) in [5.41, 5.74) is 5.21. The van der Waals surface area contributed by atoms with E-state index in [1.165, 1.54) is 0 Å². The molecular weight excluding hydrogens is 274 g/mol. The van der Waals surface area contributed by atoms with E-state index >= 15 is 0 Å². The van der Waals surface area contributed by atoms with Crippen LogP contribution in [0.5, 0.6) is 0 Å². The maximum Gasteiger partial charge on any atom is 0.0923 e. The molecule has 0 aliphatic heterocycles. The highest BCUT2D eigenvalue weighted by atomic mass is 16.3. The van der Waals surface area contributed by atoms with Crippen LogP contribution >= 0.6 is 0 Å². The molecule has 1 N–H and O–H groups in total. The average Bonchev–Trinajstić information content (AvgIpc) is 3.03. The third-order valence-electron chi connectivity index (χ3n) is 3.55. The van der Waals surface area contributed by atoms with Crippen molar-refractivity contribution in [3.8, 4) is 22.5 Å². The van der Waals surface area contributed by atoms with Crippen LogP contribution in [0.25, 0.3) is 22.5 Å². The fourth-order valence-electron chi connectivity index (χ4n) is 2.35. The van der Waals surface area contributed by atoms with Gasteiger partial charge < -0.3 is 5.11 Å². The highest BCUT2D eigenvalue weighted by molar-refractivity contribution is 5.69. The van der Waals surface area contributed by atoms with E-state index < -0.39 is 0 Å². The summed E-state index contributed by atoms with van der Waals surface area (Å²) >= 11 is 0. The molecule has 0 unspecified atom stereocenters. The van der Waals surface area contributed by atoms with Gasteiger partial charge in [-0.2, -0.15) is 5.10 Å². The summed E-state index contributed by atoms with van der Waals surface area (Å²) in [4.78, 5) is 4.48. The van der Waals surface area contributed by atoms with E-state index in [1.807, 2.05) is 42.2 Å². The molecule has 0 saturated heterocycles. The van der Waals surface area contributed by atoms with Crippen molar-refractivity contribution >= 4 is 0 Å². The van der Waals surface area contributed by atoms with E-state index in [0.29, 0.717) is 6.42 Å². The van der Waals surface area contributed by atoms with Gasteiger partial charge in [0, 0.05) is 36.7 Å². The molecule has 2 aromatic heterocycles. The Kier molecular flexibility index (Phi) is 4.30. The first-order valence-corrected chi connectivity index (χ1v) is 7.44. The minimum Gasteiger partial charge on any atom is -0.396 e. The summed E-state index contributed by atoms with van der Waals surface area (Å²) in [5, 5.41) is 13.4. The summed E-state index contributed by atoms with van der Waals surface area (Å²) in [6, 6.07) is 14.3. The lowest BCUT2D eigenvalue weighted by Crippen LogP contribution is -2.00. The number of aliphatic hydroxyl groups is 1. The van der Waals surface area contributed by atoms with E-state index in [1.54, 1.807) is 0 Å². The van der Waals surface area contributed by atoms with Gasteiger partial charge in [-0.25, -0.2) is 0 Å². The van der Waals surface area contributed by atoms with Crippen LogP contribution in [-0.4, -0.2) is 26.5 Å². The first-order chi connectivity index (χ1) is 10.8. The zero-order valence-corrected chi connectivity index (χ0v) is 12.6. The monoisotopic (exact) mass is 293 g/mol. The molecule has 3 aromatic rings. The van der Waals surface area contributed by atoms with Crippen LogP contribution in [0.15, 0.2) is 54.9 Å². The number of rotatable bonds is 5. The average molecular weight is 293 g/mol. The van der Waals surface area contributed by atoms with Crippen LogP contribution in [-0.2, 0) is 6.54 Å². The van der Waals surface area contributed by atoms with Gasteiger partial charge >= 0.3 is 0 Å². The molecule has 4 heteroatoms. The van der Waals surface area contributed by atoms with Crippen LogP contribution in [0.2, 0.25) is 0 Å². The Balaban J connectivity index is 1.87. The third-order valence-corrected chi connectivity index (χ3v) is 3.55. The molecule has 0 saturated carbocycles. The number of aryl methyl sites for hydroxylation is 2. The number of hydrogen-bond acceptors (Lipinski definition) is 3. The van der Waals surface area contributed by atoms with Crippen LogP contribution in [0, 0.1) is 6.92 Å². The van der Waals surface area contributed by atoms with Gasteiger partial charge in [0.05, 0.1) is 11.4 Å². The zero-order chi connectivity index (χ0) is 15.4. The van der Waals surface area contributed by atoms with Gasteiger partial charge in [-0.3, -0.25) is 9.67 Å². The quantitative estimate of drug-likeness (QED) is 0.785. The van der Waals surface area contributed by atoms with Crippen LogP contribution in [0.3, 0.4) is 0 Å². The zero-order valence-electron chi connectivity index (χ0n) is 12.6. The number of nitrogens with zero attached hydrogens (tertiary/aromatic N) is 3. The van der Waals surface area contributed by atoms with Crippen molar-refractivity contribution in [1.29, 1.82) is 0 Å². The number of pyridine rings is 1. The van der Waals surface area contributed by atoms with Crippen molar-refractivity contribution < 1.29 is 5.11 Å². The topological polar surface area (TPSA) is 50.9 Å². The number of aromatic nitrogens is 3. The Morgan fingerprint density at radius 3 is 2.59 bits per heavy atom. The summed E-state index contributed by atoms with van der Waals surface area (Å²) in [6.45, 7) is 2.95. The van der Waals surface area contributed by atoms with Gasteiger partial charge in [-0.1, -0.05) is 24.3 Å². The lowest BCUT2D eigenvalue weighted by atomic mass is 10.1. The van der Waals surface area contributed by atoms with Crippen LogP contribution in [0.4, 0.5) is 0 Å². The third kappa shape index (κ3) is 3.23. The van der Waals surface area contributed by atoms with Crippen molar-refractivity contribution in [2.24, 2.45) is 0 Å². The Hall–Kier alpha value is -2.46. The highest BCUT2D eigenvalue weighted by Crippen LogP contribution is 2.24. The van der Waals surface area contributed by atoms with E-state index in [9.17, 15) is 0 Å². The van der Waals surface area contributed by atoms with E-state index in [0.717, 1.165) is 34.6 Å². The van der Waals surface area contributed by atoms with Crippen molar-refractivity contribution in [2.45, 2.75) is 19.9 Å². The van der Waals surface area contributed by atoms with Crippen LogP contribution in [0.1, 0.15) is 12.0 Å². The molecule has 0 radical (unpaired) electrons. The van der Waals surface area contributed by atoms with Crippen molar-refractivity contribution in [2.75, 3.05) is 6.61 Å². The van der Waals surface area contributed by atoms with Crippen LogP contribution < -0.4 is 0 Å². The molecule has 112 valence electrons. The fourth-order valence-corrected chi connectivity index (χ4v) is 2.35. The molecule has 0 bridgehead atoms. The Morgan fingerprint density at radius 2 is 1.86 bits per heavy atom.